The molecule has 0 radical (unpaired) electrons. The molecular formula is C19H33N5O4S. The highest BCUT2D eigenvalue weighted by Crippen LogP contribution is 2.24. The van der Waals surface area contributed by atoms with Crippen LogP contribution in [0.5, 0.6) is 0 Å². The molecule has 3 heterocycles. The van der Waals surface area contributed by atoms with Crippen molar-refractivity contribution in [2.75, 3.05) is 45.6 Å². The van der Waals surface area contributed by atoms with Crippen LogP contribution in [0.2, 0.25) is 0 Å². The van der Waals surface area contributed by atoms with Gasteiger partial charge in [-0.1, -0.05) is 0 Å². The molecular weight excluding hydrogens is 394 g/mol. The van der Waals surface area contributed by atoms with Crippen LogP contribution in [0.3, 0.4) is 0 Å². The number of carbonyl (C=O) groups excluding carboxylic acids is 1. The van der Waals surface area contributed by atoms with Crippen molar-refractivity contribution in [2.24, 2.45) is 7.05 Å². The first-order valence-electron chi connectivity index (χ1n) is 10.3. The highest BCUT2D eigenvalue weighted by molar-refractivity contribution is 7.88. The number of aromatic nitrogens is 2. The molecule has 9 nitrogen and oxygen atoms in total. The summed E-state index contributed by atoms with van der Waals surface area (Å²) in [5, 5.41) is 7.13. The molecule has 0 spiro atoms. The van der Waals surface area contributed by atoms with E-state index < -0.39 is 10.0 Å². The van der Waals surface area contributed by atoms with Crippen molar-refractivity contribution < 1.29 is 17.9 Å². The zero-order valence-electron chi connectivity index (χ0n) is 17.6. The Balaban J connectivity index is 1.64. The molecule has 2 aliphatic rings. The van der Waals surface area contributed by atoms with Gasteiger partial charge in [-0.3, -0.25) is 14.4 Å². The SMILES string of the molecule is Cc1c(C(=O)NCCN(C2CCOCC2)C2CCCN(S(C)(=O)=O)C2)cnn1C. The van der Waals surface area contributed by atoms with Gasteiger partial charge in [0.25, 0.3) is 5.91 Å². The number of aryl methyl sites for hydroxylation is 1. The maximum absolute atomic E-state index is 12.5. The molecule has 10 heteroatoms. The third-order valence-corrected chi connectivity index (χ3v) is 7.36. The average Bonchev–Trinajstić information content (AvgIpc) is 3.04. The van der Waals surface area contributed by atoms with Crippen LogP contribution >= 0.6 is 0 Å². The summed E-state index contributed by atoms with van der Waals surface area (Å²) < 4.78 is 32.9. The third-order valence-electron chi connectivity index (χ3n) is 6.09. The fourth-order valence-electron chi connectivity index (χ4n) is 4.29. The highest BCUT2D eigenvalue weighted by Gasteiger charge is 2.33. The standard InChI is InChI=1S/C19H33N5O4S/c1-15-18(13-21-22(15)2)19(25)20-8-10-24(16-6-11-28-12-7-16)17-5-4-9-23(14-17)29(3,26)27/h13,16-17H,4-12,14H2,1-3H3,(H,20,25). The molecule has 0 saturated carbocycles. The zero-order chi connectivity index (χ0) is 21.0. The van der Waals surface area contributed by atoms with Gasteiger partial charge in [-0.2, -0.15) is 5.10 Å². The molecule has 1 unspecified atom stereocenters. The smallest absolute Gasteiger partial charge is 0.254 e. The van der Waals surface area contributed by atoms with E-state index in [0.29, 0.717) is 37.8 Å². The minimum Gasteiger partial charge on any atom is -0.381 e. The second-order valence-corrected chi connectivity index (χ2v) is 10.0. The van der Waals surface area contributed by atoms with E-state index in [-0.39, 0.29) is 11.9 Å². The number of rotatable bonds is 7. The van der Waals surface area contributed by atoms with Gasteiger partial charge < -0.3 is 10.1 Å². The van der Waals surface area contributed by atoms with Gasteiger partial charge in [-0.15, -0.1) is 0 Å². The summed E-state index contributed by atoms with van der Waals surface area (Å²) in [4.78, 5) is 14.9. The number of nitrogens with zero attached hydrogens (tertiary/aromatic N) is 4. The van der Waals surface area contributed by atoms with Crippen LogP contribution in [0.15, 0.2) is 6.20 Å². The van der Waals surface area contributed by atoms with Gasteiger partial charge in [0.05, 0.1) is 18.0 Å². The van der Waals surface area contributed by atoms with E-state index in [1.807, 2.05) is 14.0 Å². The van der Waals surface area contributed by atoms with Crippen LogP contribution in [0.1, 0.15) is 41.7 Å². The Kier molecular flexibility index (Phi) is 7.31. The third kappa shape index (κ3) is 5.56. The largest absolute Gasteiger partial charge is 0.381 e. The Hall–Kier alpha value is -1.49. The molecule has 2 fully saturated rings. The zero-order valence-corrected chi connectivity index (χ0v) is 18.4. The van der Waals surface area contributed by atoms with Crippen molar-refractivity contribution in [3.05, 3.63) is 17.5 Å². The normalized spacial score (nSPS) is 22.1. The van der Waals surface area contributed by atoms with Gasteiger partial charge in [0.1, 0.15) is 0 Å². The van der Waals surface area contributed by atoms with E-state index in [0.717, 1.165) is 44.6 Å². The van der Waals surface area contributed by atoms with E-state index in [1.165, 1.54) is 6.26 Å². The van der Waals surface area contributed by atoms with Crippen molar-refractivity contribution in [3.8, 4) is 0 Å². The second-order valence-electron chi connectivity index (χ2n) is 8.02. The first kappa shape index (κ1) is 22.2. The van der Waals surface area contributed by atoms with Crippen LogP contribution < -0.4 is 5.32 Å². The fourth-order valence-corrected chi connectivity index (χ4v) is 5.19. The van der Waals surface area contributed by atoms with Crippen LogP contribution in [-0.2, 0) is 21.8 Å². The highest BCUT2D eigenvalue weighted by atomic mass is 32.2. The lowest BCUT2D eigenvalue weighted by Crippen LogP contribution is -2.55. The maximum Gasteiger partial charge on any atom is 0.254 e. The lowest BCUT2D eigenvalue weighted by Gasteiger charge is -2.43. The summed E-state index contributed by atoms with van der Waals surface area (Å²) in [6, 6.07) is 0.517. The summed E-state index contributed by atoms with van der Waals surface area (Å²) >= 11 is 0. The monoisotopic (exact) mass is 427 g/mol. The number of hydrogen-bond acceptors (Lipinski definition) is 6. The topological polar surface area (TPSA) is 96.8 Å². The Morgan fingerprint density at radius 2 is 2.03 bits per heavy atom. The quantitative estimate of drug-likeness (QED) is 0.675. The number of hydrogen-bond donors (Lipinski definition) is 1. The lowest BCUT2D eigenvalue weighted by molar-refractivity contribution is 0.00673. The number of amides is 1. The van der Waals surface area contributed by atoms with Crippen molar-refractivity contribution in [3.63, 3.8) is 0 Å². The minimum absolute atomic E-state index is 0.121. The second kappa shape index (κ2) is 9.55. The molecule has 0 aromatic carbocycles. The van der Waals surface area contributed by atoms with Crippen molar-refractivity contribution in [2.45, 2.75) is 44.7 Å². The molecule has 1 N–H and O–H groups in total. The van der Waals surface area contributed by atoms with Gasteiger partial charge in [0.15, 0.2) is 0 Å². The molecule has 2 saturated heterocycles. The van der Waals surface area contributed by atoms with Crippen molar-refractivity contribution in [1.29, 1.82) is 0 Å². The van der Waals surface area contributed by atoms with Gasteiger partial charge in [-0.05, 0) is 32.6 Å². The molecule has 3 rings (SSSR count). The molecule has 2 aliphatic heterocycles. The Bertz CT molecular complexity index is 804. The molecule has 1 atom stereocenters. The van der Waals surface area contributed by atoms with Gasteiger partial charge >= 0.3 is 0 Å². The predicted molar refractivity (Wildman–Crippen MR) is 110 cm³/mol. The molecule has 1 aromatic rings. The maximum atomic E-state index is 12.5. The van der Waals surface area contributed by atoms with E-state index in [9.17, 15) is 13.2 Å². The number of sulfonamides is 1. The molecule has 164 valence electrons. The van der Waals surface area contributed by atoms with Gasteiger partial charge in [0, 0.05) is 64.2 Å². The summed E-state index contributed by atoms with van der Waals surface area (Å²) in [6.45, 7) is 5.64. The fraction of sp³-hybridized carbons (Fsp3) is 0.789. The summed E-state index contributed by atoms with van der Waals surface area (Å²) in [5.41, 5.74) is 1.42. The molecule has 0 aliphatic carbocycles. The number of piperidine rings is 1. The Morgan fingerprint density at radius 1 is 1.31 bits per heavy atom. The molecule has 1 aromatic heterocycles. The van der Waals surface area contributed by atoms with Crippen LogP contribution in [0.25, 0.3) is 0 Å². The Morgan fingerprint density at radius 3 is 2.66 bits per heavy atom. The first-order valence-corrected chi connectivity index (χ1v) is 12.2. The predicted octanol–water partition coefficient (Wildman–Crippen LogP) is 0.363. The number of nitrogens with one attached hydrogen (secondary N) is 1. The number of carbonyl (C=O) groups is 1. The molecule has 1 amide bonds. The van der Waals surface area contributed by atoms with E-state index in [1.54, 1.807) is 15.2 Å². The van der Waals surface area contributed by atoms with Crippen LogP contribution in [0, 0.1) is 6.92 Å². The summed E-state index contributed by atoms with van der Waals surface area (Å²) in [5.74, 6) is -0.121. The lowest BCUT2D eigenvalue weighted by atomic mass is 9.99. The first-order chi connectivity index (χ1) is 13.8. The number of ether oxygens (including phenoxy) is 1. The molecule has 29 heavy (non-hydrogen) atoms. The molecule has 0 bridgehead atoms. The minimum atomic E-state index is -3.19. The summed E-state index contributed by atoms with van der Waals surface area (Å²) in [6.07, 6.45) is 6.57. The average molecular weight is 428 g/mol. The van der Waals surface area contributed by atoms with Crippen molar-refractivity contribution >= 4 is 15.9 Å². The van der Waals surface area contributed by atoms with Gasteiger partial charge in [0.2, 0.25) is 10.0 Å². The van der Waals surface area contributed by atoms with Crippen LogP contribution in [-0.4, -0.2) is 91.0 Å². The van der Waals surface area contributed by atoms with Gasteiger partial charge in [-0.25, -0.2) is 12.7 Å². The van der Waals surface area contributed by atoms with E-state index in [4.69, 9.17) is 4.74 Å². The van der Waals surface area contributed by atoms with Crippen molar-refractivity contribution in [1.82, 2.24) is 24.3 Å². The van der Waals surface area contributed by atoms with Crippen LogP contribution in [0.4, 0.5) is 0 Å². The van der Waals surface area contributed by atoms with E-state index in [2.05, 4.69) is 15.3 Å². The van der Waals surface area contributed by atoms with E-state index >= 15 is 0 Å². The Labute approximate surface area is 173 Å². The summed E-state index contributed by atoms with van der Waals surface area (Å²) in [7, 11) is -1.38.